The van der Waals surface area contributed by atoms with Gasteiger partial charge in [0.1, 0.15) is 5.82 Å². The zero-order valence-corrected chi connectivity index (χ0v) is 11.0. The van der Waals surface area contributed by atoms with E-state index in [0.717, 1.165) is 16.6 Å². The molecule has 16 heavy (non-hydrogen) atoms. The molecule has 0 bridgehead atoms. The van der Waals surface area contributed by atoms with Crippen molar-refractivity contribution in [1.82, 2.24) is 14.8 Å². The monoisotopic (exact) mass is 237 g/mol. The molecule has 0 aromatic carbocycles. The minimum atomic E-state index is 0.0339. The summed E-state index contributed by atoms with van der Waals surface area (Å²) in [6.07, 6.45) is 4.10. The Morgan fingerprint density at radius 3 is 2.44 bits per heavy atom. The van der Waals surface area contributed by atoms with Gasteiger partial charge >= 0.3 is 0 Å². The lowest BCUT2D eigenvalue weighted by Gasteiger charge is -2.25. The zero-order chi connectivity index (χ0) is 11.5. The fourth-order valence-corrected chi connectivity index (χ4v) is 3.57. The minimum Gasteiger partial charge on any atom is -0.299 e. The average Bonchev–Trinajstić information content (AvgIpc) is 2.60. The van der Waals surface area contributed by atoms with Crippen molar-refractivity contribution in [2.75, 3.05) is 0 Å². The van der Waals surface area contributed by atoms with Gasteiger partial charge in [-0.25, -0.2) is 0 Å². The van der Waals surface area contributed by atoms with Crippen LogP contribution in [0.25, 0.3) is 0 Å². The molecule has 2 aliphatic carbocycles. The van der Waals surface area contributed by atoms with E-state index in [9.17, 15) is 0 Å². The number of rotatable bonds is 1. The molecule has 0 spiro atoms. The SMILES string of the molecule is CC(C)(C)n1c(C2CC3CC3C2)n[nH]c1=S. The summed E-state index contributed by atoms with van der Waals surface area (Å²) in [4.78, 5) is 0. The summed E-state index contributed by atoms with van der Waals surface area (Å²) in [5.41, 5.74) is 0.0339. The first-order valence-electron chi connectivity index (χ1n) is 6.14. The second-order valence-electron chi connectivity index (χ2n) is 6.32. The quantitative estimate of drug-likeness (QED) is 0.761. The molecule has 2 fully saturated rings. The van der Waals surface area contributed by atoms with E-state index in [2.05, 4.69) is 35.5 Å². The molecule has 1 aromatic rings. The summed E-state index contributed by atoms with van der Waals surface area (Å²) >= 11 is 5.34. The van der Waals surface area contributed by atoms with E-state index in [1.807, 2.05) is 0 Å². The smallest absolute Gasteiger partial charge is 0.195 e. The van der Waals surface area contributed by atoms with Crippen molar-refractivity contribution in [2.24, 2.45) is 11.8 Å². The van der Waals surface area contributed by atoms with E-state index in [0.29, 0.717) is 5.92 Å². The van der Waals surface area contributed by atoms with Crippen molar-refractivity contribution in [3.05, 3.63) is 10.6 Å². The maximum Gasteiger partial charge on any atom is 0.195 e. The third kappa shape index (κ3) is 1.54. The molecular formula is C12H19N3S. The second-order valence-corrected chi connectivity index (χ2v) is 6.70. The Bertz CT molecular complexity index is 455. The maximum absolute atomic E-state index is 5.34. The molecule has 0 saturated heterocycles. The number of nitrogens with one attached hydrogen (secondary N) is 1. The summed E-state index contributed by atoms with van der Waals surface area (Å²) in [5, 5.41) is 7.43. The zero-order valence-electron chi connectivity index (χ0n) is 10.2. The van der Waals surface area contributed by atoms with Crippen LogP contribution in [-0.2, 0) is 5.54 Å². The fourth-order valence-electron chi connectivity index (χ4n) is 3.16. The topological polar surface area (TPSA) is 33.6 Å². The maximum atomic E-state index is 5.34. The van der Waals surface area contributed by atoms with Crippen molar-refractivity contribution in [1.29, 1.82) is 0 Å². The van der Waals surface area contributed by atoms with Crippen molar-refractivity contribution in [3.8, 4) is 0 Å². The molecule has 4 heteroatoms. The first kappa shape index (κ1) is 10.5. The van der Waals surface area contributed by atoms with Gasteiger partial charge in [-0.3, -0.25) is 9.67 Å². The highest BCUT2D eigenvalue weighted by molar-refractivity contribution is 7.71. The van der Waals surface area contributed by atoms with Crippen LogP contribution in [0.15, 0.2) is 0 Å². The molecule has 0 aliphatic heterocycles. The Morgan fingerprint density at radius 1 is 1.25 bits per heavy atom. The summed E-state index contributed by atoms with van der Waals surface area (Å²) < 4.78 is 2.97. The normalized spacial score (nSPS) is 32.8. The van der Waals surface area contributed by atoms with Gasteiger partial charge in [0.05, 0.1) is 0 Å². The first-order valence-corrected chi connectivity index (χ1v) is 6.55. The largest absolute Gasteiger partial charge is 0.299 e. The highest BCUT2D eigenvalue weighted by Gasteiger charge is 2.47. The number of nitrogens with zero attached hydrogens (tertiary/aromatic N) is 2. The molecule has 3 nitrogen and oxygen atoms in total. The van der Waals surface area contributed by atoms with Crippen LogP contribution in [0, 0.1) is 16.6 Å². The molecule has 1 aromatic heterocycles. The second kappa shape index (κ2) is 3.19. The van der Waals surface area contributed by atoms with Crippen LogP contribution in [-0.4, -0.2) is 14.8 Å². The van der Waals surface area contributed by atoms with Gasteiger partial charge in [0.25, 0.3) is 0 Å². The van der Waals surface area contributed by atoms with Crippen LogP contribution in [0.1, 0.15) is 51.8 Å². The Hall–Kier alpha value is -0.640. The highest BCUT2D eigenvalue weighted by Crippen LogP contribution is 2.57. The van der Waals surface area contributed by atoms with Gasteiger partial charge in [-0.2, -0.15) is 5.10 Å². The molecular weight excluding hydrogens is 218 g/mol. The van der Waals surface area contributed by atoms with Crippen molar-refractivity contribution in [2.45, 2.75) is 51.5 Å². The third-order valence-corrected chi connectivity index (χ3v) is 4.25. The van der Waals surface area contributed by atoms with Crippen molar-refractivity contribution < 1.29 is 0 Å². The number of fused-ring (bicyclic) bond motifs is 1. The van der Waals surface area contributed by atoms with E-state index >= 15 is 0 Å². The van der Waals surface area contributed by atoms with Crippen LogP contribution in [0.2, 0.25) is 0 Å². The lowest BCUT2D eigenvalue weighted by molar-refractivity contribution is 0.363. The Labute approximate surface area is 101 Å². The molecule has 0 amide bonds. The summed E-state index contributed by atoms with van der Waals surface area (Å²) in [5.74, 6) is 3.80. The lowest BCUT2D eigenvalue weighted by Crippen LogP contribution is -2.25. The molecule has 2 atom stereocenters. The standard InChI is InChI=1S/C12H19N3S/c1-12(2,3)15-10(13-14-11(15)16)9-5-7-4-8(7)6-9/h7-9H,4-6H2,1-3H3,(H,14,16). The van der Waals surface area contributed by atoms with Gasteiger partial charge in [0, 0.05) is 11.5 Å². The summed E-state index contributed by atoms with van der Waals surface area (Å²) in [7, 11) is 0. The van der Waals surface area contributed by atoms with E-state index in [1.54, 1.807) is 0 Å². The molecule has 2 unspecified atom stereocenters. The average molecular weight is 237 g/mol. The lowest BCUT2D eigenvalue weighted by atomic mass is 10.0. The predicted molar refractivity (Wildman–Crippen MR) is 66.0 cm³/mol. The summed E-state index contributed by atoms with van der Waals surface area (Å²) in [6, 6.07) is 0. The van der Waals surface area contributed by atoms with E-state index < -0.39 is 0 Å². The van der Waals surface area contributed by atoms with Gasteiger partial charge in [0.2, 0.25) is 0 Å². The van der Waals surface area contributed by atoms with Gasteiger partial charge in [0.15, 0.2) is 4.77 Å². The van der Waals surface area contributed by atoms with Gasteiger partial charge in [-0.05, 0) is 64.1 Å². The molecule has 88 valence electrons. The number of H-pyrrole nitrogens is 1. The molecule has 2 aliphatic rings. The van der Waals surface area contributed by atoms with E-state index in [4.69, 9.17) is 12.2 Å². The third-order valence-electron chi connectivity index (χ3n) is 3.98. The molecule has 2 saturated carbocycles. The fraction of sp³-hybridized carbons (Fsp3) is 0.833. The van der Waals surface area contributed by atoms with Crippen molar-refractivity contribution >= 4 is 12.2 Å². The van der Waals surface area contributed by atoms with Crippen LogP contribution in [0.3, 0.4) is 0 Å². The van der Waals surface area contributed by atoms with Gasteiger partial charge < -0.3 is 0 Å². The van der Waals surface area contributed by atoms with Gasteiger partial charge in [-0.1, -0.05) is 0 Å². The van der Waals surface area contributed by atoms with E-state index in [-0.39, 0.29) is 5.54 Å². The highest BCUT2D eigenvalue weighted by atomic mass is 32.1. The van der Waals surface area contributed by atoms with Crippen LogP contribution < -0.4 is 0 Å². The number of hydrogen-bond acceptors (Lipinski definition) is 2. The Kier molecular flexibility index (Phi) is 2.09. The number of aromatic nitrogens is 3. The molecule has 1 N–H and O–H groups in total. The minimum absolute atomic E-state index is 0.0339. The van der Waals surface area contributed by atoms with Crippen LogP contribution in [0.4, 0.5) is 0 Å². The number of hydrogen-bond donors (Lipinski definition) is 1. The van der Waals surface area contributed by atoms with E-state index in [1.165, 1.54) is 25.1 Å². The molecule has 0 radical (unpaired) electrons. The van der Waals surface area contributed by atoms with Crippen LogP contribution in [0.5, 0.6) is 0 Å². The first-order chi connectivity index (χ1) is 7.47. The predicted octanol–water partition coefficient (Wildman–Crippen LogP) is 3.21. The molecule has 3 rings (SSSR count). The van der Waals surface area contributed by atoms with Crippen molar-refractivity contribution in [3.63, 3.8) is 0 Å². The Balaban J connectivity index is 1.98. The van der Waals surface area contributed by atoms with Crippen LogP contribution >= 0.6 is 12.2 Å². The summed E-state index contributed by atoms with van der Waals surface area (Å²) in [6.45, 7) is 6.58. The molecule has 1 heterocycles. The Morgan fingerprint density at radius 2 is 1.88 bits per heavy atom. The van der Waals surface area contributed by atoms with Gasteiger partial charge in [-0.15, -0.1) is 0 Å². The number of aromatic amines is 1.